The Hall–Kier alpha value is -2.63. The summed E-state index contributed by atoms with van der Waals surface area (Å²) in [6.45, 7) is 6.41. The molecule has 0 saturated carbocycles. The molecule has 0 radical (unpaired) electrons. The minimum Gasteiger partial charge on any atom is -0.462 e. The molecule has 0 bridgehead atoms. The number of carbonyl (C=O) groups excluding carboxylic acids is 3. The van der Waals surface area contributed by atoms with E-state index in [2.05, 4.69) is 57.2 Å². The van der Waals surface area contributed by atoms with E-state index in [0.29, 0.717) is 12.8 Å². The lowest BCUT2D eigenvalue weighted by atomic mass is 10.0. The SMILES string of the molecule is CC/C=C\C/C=C\C/C=C\CC(=O)OCC(COC(=O)CCCCCCCCC/C=C\CCCCCCCC)OC(=O)CCCCCCCCCCCCCC. The highest BCUT2D eigenvalue weighted by Gasteiger charge is 2.19. The summed E-state index contributed by atoms with van der Waals surface area (Å²) in [5.41, 5.74) is 0. The monoisotopic (exact) mass is 785 g/mol. The van der Waals surface area contributed by atoms with Crippen LogP contribution >= 0.6 is 0 Å². The highest BCUT2D eigenvalue weighted by molar-refractivity contribution is 5.72. The lowest BCUT2D eigenvalue weighted by Gasteiger charge is -2.18. The molecule has 56 heavy (non-hydrogen) atoms. The van der Waals surface area contributed by atoms with Gasteiger partial charge in [0.25, 0.3) is 0 Å². The fourth-order valence-corrected chi connectivity index (χ4v) is 6.56. The standard InChI is InChI=1S/C50H88O6/c1-4-7-10-13-16-19-21-23-24-25-26-27-29-31-34-37-40-43-49(52)55-46-47(45-54-48(51)42-39-36-33-30-18-15-12-9-6-3)56-50(53)44-41-38-35-32-28-22-20-17-14-11-8-5-2/h9,12,18,23-24,30,36,39,47H,4-8,10-11,13-17,19-22,25-29,31-35,37-38,40-46H2,1-3H3/b12-9-,24-23-,30-18-,39-36-. The summed E-state index contributed by atoms with van der Waals surface area (Å²) in [5.74, 6) is -1.03. The molecule has 0 aromatic heterocycles. The third-order valence-corrected chi connectivity index (χ3v) is 10.1. The number of allylic oxidation sites excluding steroid dienone is 7. The molecule has 6 nitrogen and oxygen atoms in total. The van der Waals surface area contributed by atoms with Gasteiger partial charge in [-0.05, 0) is 57.8 Å². The van der Waals surface area contributed by atoms with Gasteiger partial charge in [0, 0.05) is 12.8 Å². The van der Waals surface area contributed by atoms with Gasteiger partial charge in [-0.1, -0.05) is 204 Å². The van der Waals surface area contributed by atoms with Gasteiger partial charge in [0.05, 0.1) is 6.42 Å². The molecule has 1 unspecified atom stereocenters. The number of hydrogen-bond donors (Lipinski definition) is 0. The molecule has 0 aliphatic carbocycles. The number of esters is 3. The van der Waals surface area contributed by atoms with Crippen molar-refractivity contribution in [1.29, 1.82) is 0 Å². The van der Waals surface area contributed by atoms with Crippen molar-refractivity contribution in [2.24, 2.45) is 0 Å². The topological polar surface area (TPSA) is 78.9 Å². The van der Waals surface area contributed by atoms with E-state index in [1.54, 1.807) is 6.08 Å². The molecule has 0 amide bonds. The van der Waals surface area contributed by atoms with E-state index in [0.717, 1.165) is 57.8 Å². The van der Waals surface area contributed by atoms with Gasteiger partial charge < -0.3 is 14.2 Å². The first-order chi connectivity index (χ1) is 27.5. The second-order valence-electron chi connectivity index (χ2n) is 15.7. The second kappa shape index (κ2) is 45.1. The van der Waals surface area contributed by atoms with Gasteiger partial charge in [0.15, 0.2) is 6.10 Å². The van der Waals surface area contributed by atoms with Gasteiger partial charge in [0.2, 0.25) is 0 Å². The first-order valence-electron chi connectivity index (χ1n) is 23.6. The molecule has 0 N–H and O–H groups in total. The Bertz CT molecular complexity index is 996. The van der Waals surface area contributed by atoms with Crippen LogP contribution < -0.4 is 0 Å². The molecular formula is C50H88O6. The highest BCUT2D eigenvalue weighted by Crippen LogP contribution is 2.14. The Balaban J connectivity index is 4.36. The lowest BCUT2D eigenvalue weighted by molar-refractivity contribution is -0.166. The van der Waals surface area contributed by atoms with E-state index in [9.17, 15) is 14.4 Å². The Morgan fingerprint density at radius 3 is 1.23 bits per heavy atom. The van der Waals surface area contributed by atoms with Gasteiger partial charge >= 0.3 is 17.9 Å². The van der Waals surface area contributed by atoms with Crippen molar-refractivity contribution in [3.05, 3.63) is 48.6 Å². The van der Waals surface area contributed by atoms with Crippen molar-refractivity contribution in [3.63, 3.8) is 0 Å². The summed E-state index contributed by atoms with van der Waals surface area (Å²) in [6.07, 6.45) is 52.7. The molecule has 6 heteroatoms. The summed E-state index contributed by atoms with van der Waals surface area (Å²) in [6, 6.07) is 0. The van der Waals surface area contributed by atoms with E-state index in [-0.39, 0.29) is 31.6 Å². The average molecular weight is 785 g/mol. The summed E-state index contributed by atoms with van der Waals surface area (Å²) in [5, 5.41) is 0. The molecule has 0 saturated heterocycles. The molecular weight excluding hydrogens is 697 g/mol. The first kappa shape index (κ1) is 53.4. The molecule has 0 rings (SSSR count). The highest BCUT2D eigenvalue weighted by atomic mass is 16.6. The largest absolute Gasteiger partial charge is 0.462 e. The predicted octanol–water partition coefficient (Wildman–Crippen LogP) is 15.1. The molecule has 0 aliphatic heterocycles. The van der Waals surface area contributed by atoms with E-state index in [1.165, 1.54) is 135 Å². The Morgan fingerprint density at radius 1 is 0.393 bits per heavy atom. The van der Waals surface area contributed by atoms with Crippen molar-refractivity contribution in [2.45, 2.75) is 239 Å². The number of ether oxygens (including phenoxy) is 3. The molecule has 0 aromatic carbocycles. The molecule has 0 spiro atoms. The maximum atomic E-state index is 12.7. The van der Waals surface area contributed by atoms with Crippen LogP contribution in [0.2, 0.25) is 0 Å². The third-order valence-electron chi connectivity index (χ3n) is 10.1. The number of hydrogen-bond acceptors (Lipinski definition) is 6. The van der Waals surface area contributed by atoms with Crippen LogP contribution in [0.3, 0.4) is 0 Å². The van der Waals surface area contributed by atoms with Crippen molar-refractivity contribution in [3.8, 4) is 0 Å². The van der Waals surface area contributed by atoms with Crippen molar-refractivity contribution >= 4 is 17.9 Å². The van der Waals surface area contributed by atoms with Crippen LogP contribution in [0, 0.1) is 0 Å². The Labute approximate surface area is 346 Å². The summed E-state index contributed by atoms with van der Waals surface area (Å²) < 4.78 is 16.6. The van der Waals surface area contributed by atoms with Crippen LogP contribution in [0.5, 0.6) is 0 Å². The zero-order chi connectivity index (χ0) is 40.8. The molecule has 0 fully saturated rings. The molecule has 1 atom stereocenters. The van der Waals surface area contributed by atoms with Crippen molar-refractivity contribution in [2.75, 3.05) is 13.2 Å². The van der Waals surface area contributed by atoms with Crippen LogP contribution in [-0.4, -0.2) is 37.2 Å². The van der Waals surface area contributed by atoms with Gasteiger partial charge in [0.1, 0.15) is 13.2 Å². The van der Waals surface area contributed by atoms with E-state index < -0.39 is 12.1 Å². The number of unbranched alkanes of at least 4 members (excludes halogenated alkanes) is 24. The maximum absolute atomic E-state index is 12.7. The zero-order valence-corrected chi connectivity index (χ0v) is 36.9. The molecule has 0 heterocycles. The minimum absolute atomic E-state index is 0.100. The Kier molecular flexibility index (Phi) is 43.0. The van der Waals surface area contributed by atoms with Crippen molar-refractivity contribution < 1.29 is 28.6 Å². The summed E-state index contributed by atoms with van der Waals surface area (Å²) in [7, 11) is 0. The minimum atomic E-state index is -0.804. The quantitative estimate of drug-likeness (QED) is 0.0265. The maximum Gasteiger partial charge on any atom is 0.309 e. The van der Waals surface area contributed by atoms with Crippen LogP contribution in [0.4, 0.5) is 0 Å². The van der Waals surface area contributed by atoms with Gasteiger partial charge in [-0.25, -0.2) is 0 Å². The average Bonchev–Trinajstić information content (AvgIpc) is 3.19. The van der Waals surface area contributed by atoms with Crippen LogP contribution in [0.15, 0.2) is 48.6 Å². The van der Waals surface area contributed by atoms with Crippen molar-refractivity contribution in [1.82, 2.24) is 0 Å². The van der Waals surface area contributed by atoms with E-state index in [4.69, 9.17) is 14.2 Å². The third kappa shape index (κ3) is 42.5. The molecule has 0 aliphatic rings. The van der Waals surface area contributed by atoms with Crippen LogP contribution in [0.1, 0.15) is 233 Å². The lowest BCUT2D eigenvalue weighted by Crippen LogP contribution is -2.30. The Morgan fingerprint density at radius 2 is 0.768 bits per heavy atom. The normalized spacial score (nSPS) is 12.4. The number of rotatable bonds is 42. The van der Waals surface area contributed by atoms with E-state index in [1.807, 2.05) is 6.08 Å². The first-order valence-corrected chi connectivity index (χ1v) is 23.6. The van der Waals surface area contributed by atoms with Gasteiger partial charge in [-0.15, -0.1) is 0 Å². The van der Waals surface area contributed by atoms with Crippen LogP contribution in [0.25, 0.3) is 0 Å². The second-order valence-corrected chi connectivity index (χ2v) is 15.7. The van der Waals surface area contributed by atoms with Gasteiger partial charge in [-0.3, -0.25) is 14.4 Å². The number of carbonyl (C=O) groups is 3. The smallest absolute Gasteiger partial charge is 0.309 e. The fraction of sp³-hybridized carbons (Fsp3) is 0.780. The molecule has 0 aromatic rings. The molecule has 324 valence electrons. The van der Waals surface area contributed by atoms with E-state index >= 15 is 0 Å². The van der Waals surface area contributed by atoms with Crippen LogP contribution in [-0.2, 0) is 28.6 Å². The van der Waals surface area contributed by atoms with Gasteiger partial charge in [-0.2, -0.15) is 0 Å². The fourth-order valence-electron chi connectivity index (χ4n) is 6.56. The zero-order valence-electron chi connectivity index (χ0n) is 36.9. The summed E-state index contributed by atoms with van der Waals surface area (Å²) >= 11 is 0. The summed E-state index contributed by atoms with van der Waals surface area (Å²) in [4.78, 5) is 37.6. The predicted molar refractivity (Wildman–Crippen MR) is 238 cm³/mol.